The van der Waals surface area contributed by atoms with Crippen LogP contribution in [-0.4, -0.2) is 20.6 Å². The Balaban J connectivity index is 2.14. The molecule has 0 aliphatic rings. The molecule has 6 nitrogen and oxygen atoms in total. The third-order valence-corrected chi connectivity index (χ3v) is 2.65. The number of H-pyrrole nitrogens is 1. The van der Waals surface area contributed by atoms with Gasteiger partial charge in [0.25, 0.3) is 0 Å². The number of aromatic amines is 1. The van der Waals surface area contributed by atoms with E-state index in [9.17, 15) is 0 Å². The SMILES string of the molecule is N#C/C(=C/Nc1ccc(I)cc1)c1nn[nH]n1. The first-order chi connectivity index (χ1) is 8.29. The average molecular weight is 338 g/mol. The van der Waals surface area contributed by atoms with Crippen LogP contribution in [0.4, 0.5) is 5.69 Å². The van der Waals surface area contributed by atoms with Crippen LogP contribution in [0.5, 0.6) is 0 Å². The molecule has 1 aromatic carbocycles. The lowest BCUT2D eigenvalue weighted by molar-refractivity contribution is 0.881. The zero-order valence-electron chi connectivity index (χ0n) is 8.55. The Morgan fingerprint density at radius 1 is 1.41 bits per heavy atom. The van der Waals surface area contributed by atoms with Crippen molar-refractivity contribution in [3.63, 3.8) is 0 Å². The molecule has 0 spiro atoms. The molecular formula is C10H7IN6. The Labute approximate surface area is 111 Å². The van der Waals surface area contributed by atoms with Gasteiger partial charge in [0.1, 0.15) is 11.6 Å². The number of anilines is 1. The molecule has 0 amide bonds. The molecule has 0 fully saturated rings. The third-order valence-electron chi connectivity index (χ3n) is 1.93. The lowest BCUT2D eigenvalue weighted by atomic mass is 10.3. The van der Waals surface area contributed by atoms with Gasteiger partial charge in [-0.25, -0.2) is 0 Å². The van der Waals surface area contributed by atoms with E-state index in [2.05, 4.69) is 48.5 Å². The van der Waals surface area contributed by atoms with E-state index in [1.165, 1.54) is 0 Å². The fourth-order valence-corrected chi connectivity index (χ4v) is 1.48. The molecule has 0 atom stereocenters. The molecular weight excluding hydrogens is 331 g/mol. The molecule has 0 aliphatic heterocycles. The van der Waals surface area contributed by atoms with Crippen molar-refractivity contribution in [3.8, 4) is 6.07 Å². The van der Waals surface area contributed by atoms with E-state index in [1.807, 2.05) is 30.3 Å². The number of tetrazole rings is 1. The van der Waals surface area contributed by atoms with Crippen molar-refractivity contribution in [1.29, 1.82) is 5.26 Å². The lowest BCUT2D eigenvalue weighted by Gasteiger charge is -2.00. The Kier molecular flexibility index (Phi) is 3.66. The Morgan fingerprint density at radius 2 is 2.18 bits per heavy atom. The van der Waals surface area contributed by atoms with E-state index < -0.39 is 0 Å². The molecule has 0 radical (unpaired) electrons. The first-order valence-corrected chi connectivity index (χ1v) is 5.73. The van der Waals surface area contributed by atoms with E-state index in [1.54, 1.807) is 6.20 Å². The number of aromatic nitrogens is 4. The molecule has 17 heavy (non-hydrogen) atoms. The number of rotatable bonds is 3. The number of nitriles is 1. The van der Waals surface area contributed by atoms with E-state index in [0.29, 0.717) is 5.57 Å². The van der Waals surface area contributed by atoms with Crippen LogP contribution >= 0.6 is 22.6 Å². The molecule has 1 aromatic heterocycles. The first-order valence-electron chi connectivity index (χ1n) is 4.66. The molecule has 0 saturated heterocycles. The van der Waals surface area contributed by atoms with Crippen LogP contribution in [-0.2, 0) is 0 Å². The molecule has 2 N–H and O–H groups in total. The fraction of sp³-hybridized carbons (Fsp3) is 0. The molecule has 0 unspecified atom stereocenters. The van der Waals surface area contributed by atoms with Crippen LogP contribution in [0, 0.1) is 14.9 Å². The number of allylic oxidation sites excluding steroid dienone is 1. The highest BCUT2D eigenvalue weighted by Gasteiger charge is 2.04. The van der Waals surface area contributed by atoms with Crippen LogP contribution in [0.3, 0.4) is 0 Å². The van der Waals surface area contributed by atoms with E-state index >= 15 is 0 Å². The number of hydrogen-bond acceptors (Lipinski definition) is 5. The standard InChI is InChI=1S/C10H7IN6/c11-8-1-3-9(4-2-8)13-6-7(5-12)10-14-16-17-15-10/h1-4,6,13H,(H,14,15,16,17)/b7-6-. The minimum Gasteiger partial charge on any atom is -0.360 e. The van der Waals surface area contributed by atoms with Crippen LogP contribution in [0.1, 0.15) is 5.82 Å². The predicted octanol–water partition coefficient (Wildman–Crippen LogP) is 1.78. The van der Waals surface area contributed by atoms with Crippen molar-refractivity contribution in [2.24, 2.45) is 0 Å². The zero-order chi connectivity index (χ0) is 12.1. The second kappa shape index (κ2) is 5.40. The molecule has 1 heterocycles. The predicted molar refractivity (Wildman–Crippen MR) is 70.5 cm³/mol. The van der Waals surface area contributed by atoms with Crippen LogP contribution in [0.2, 0.25) is 0 Å². The second-order valence-corrected chi connectivity index (χ2v) is 4.30. The summed E-state index contributed by atoms with van der Waals surface area (Å²) in [5.74, 6) is 0.269. The second-order valence-electron chi connectivity index (χ2n) is 3.06. The maximum atomic E-state index is 8.94. The summed E-state index contributed by atoms with van der Waals surface area (Å²) in [6.07, 6.45) is 1.55. The van der Waals surface area contributed by atoms with Gasteiger partial charge in [0.15, 0.2) is 0 Å². The van der Waals surface area contributed by atoms with Crippen molar-refractivity contribution < 1.29 is 0 Å². The summed E-state index contributed by atoms with van der Waals surface area (Å²) in [7, 11) is 0. The molecule has 7 heteroatoms. The van der Waals surface area contributed by atoms with E-state index in [4.69, 9.17) is 5.26 Å². The van der Waals surface area contributed by atoms with Gasteiger partial charge in [-0.2, -0.15) is 10.5 Å². The summed E-state index contributed by atoms with van der Waals surface area (Å²) in [4.78, 5) is 0. The summed E-state index contributed by atoms with van der Waals surface area (Å²) in [6.45, 7) is 0. The Bertz CT molecular complexity index is 551. The number of nitrogens with zero attached hydrogens (tertiary/aromatic N) is 4. The number of benzene rings is 1. The van der Waals surface area contributed by atoms with Crippen LogP contribution < -0.4 is 5.32 Å². The topological polar surface area (TPSA) is 90.3 Å². The maximum absolute atomic E-state index is 8.94. The largest absolute Gasteiger partial charge is 0.360 e. The highest BCUT2D eigenvalue weighted by atomic mass is 127. The zero-order valence-corrected chi connectivity index (χ0v) is 10.7. The first kappa shape index (κ1) is 11.5. The van der Waals surface area contributed by atoms with Crippen LogP contribution in [0.25, 0.3) is 5.57 Å². The number of nitrogens with one attached hydrogen (secondary N) is 2. The Hall–Kier alpha value is -1.95. The summed E-state index contributed by atoms with van der Waals surface area (Å²) < 4.78 is 1.15. The van der Waals surface area contributed by atoms with Gasteiger partial charge in [-0.15, -0.1) is 10.2 Å². The van der Waals surface area contributed by atoms with Crippen molar-refractivity contribution >= 4 is 33.9 Å². The van der Waals surface area contributed by atoms with Gasteiger partial charge in [-0.05, 0) is 52.1 Å². The molecule has 2 aromatic rings. The average Bonchev–Trinajstić information content (AvgIpc) is 2.86. The van der Waals surface area contributed by atoms with Gasteiger partial charge >= 0.3 is 0 Å². The van der Waals surface area contributed by atoms with E-state index in [0.717, 1.165) is 9.26 Å². The van der Waals surface area contributed by atoms with E-state index in [-0.39, 0.29) is 5.82 Å². The summed E-state index contributed by atoms with van der Waals surface area (Å²) >= 11 is 2.23. The number of hydrogen-bond donors (Lipinski definition) is 2. The minimum atomic E-state index is 0.269. The van der Waals surface area contributed by atoms with Gasteiger partial charge in [-0.1, -0.05) is 0 Å². The smallest absolute Gasteiger partial charge is 0.216 e. The lowest BCUT2D eigenvalue weighted by Crippen LogP contribution is -1.92. The summed E-state index contributed by atoms with van der Waals surface area (Å²) in [5, 5.41) is 25.1. The van der Waals surface area contributed by atoms with Crippen LogP contribution in [0.15, 0.2) is 30.5 Å². The van der Waals surface area contributed by atoms with Gasteiger partial charge in [0.05, 0.1) is 0 Å². The quantitative estimate of drug-likeness (QED) is 0.658. The monoisotopic (exact) mass is 338 g/mol. The third kappa shape index (κ3) is 3.01. The number of halogens is 1. The van der Waals surface area contributed by atoms with Crippen molar-refractivity contribution in [3.05, 3.63) is 39.9 Å². The van der Waals surface area contributed by atoms with Gasteiger partial charge < -0.3 is 5.32 Å². The summed E-state index contributed by atoms with van der Waals surface area (Å²) in [6, 6.07) is 9.78. The molecule has 0 saturated carbocycles. The molecule has 0 bridgehead atoms. The molecule has 2 rings (SSSR count). The molecule has 84 valence electrons. The summed E-state index contributed by atoms with van der Waals surface area (Å²) in [5.41, 5.74) is 1.21. The van der Waals surface area contributed by atoms with Crippen molar-refractivity contribution in [1.82, 2.24) is 20.6 Å². The molecule has 0 aliphatic carbocycles. The minimum absolute atomic E-state index is 0.269. The normalized spacial score (nSPS) is 10.9. The van der Waals surface area contributed by atoms with Gasteiger partial charge in [0.2, 0.25) is 5.82 Å². The van der Waals surface area contributed by atoms with Gasteiger partial charge in [0, 0.05) is 15.5 Å². The highest BCUT2D eigenvalue weighted by molar-refractivity contribution is 14.1. The van der Waals surface area contributed by atoms with Crippen molar-refractivity contribution in [2.75, 3.05) is 5.32 Å². The Morgan fingerprint density at radius 3 is 2.76 bits per heavy atom. The van der Waals surface area contributed by atoms with Crippen molar-refractivity contribution in [2.45, 2.75) is 0 Å². The van der Waals surface area contributed by atoms with Gasteiger partial charge in [-0.3, -0.25) is 0 Å². The maximum Gasteiger partial charge on any atom is 0.216 e. The fourth-order valence-electron chi connectivity index (χ4n) is 1.12. The highest BCUT2D eigenvalue weighted by Crippen LogP contribution is 2.13.